The van der Waals surface area contributed by atoms with Crippen LogP contribution in [0, 0.1) is 32.6 Å². The van der Waals surface area contributed by atoms with Crippen LogP contribution in [0.1, 0.15) is 80.4 Å². The predicted octanol–water partition coefficient (Wildman–Crippen LogP) is 4.78. The van der Waals surface area contributed by atoms with Gasteiger partial charge in [0, 0.05) is 43.8 Å². The number of carbonyl (C=O) groups is 2. The van der Waals surface area contributed by atoms with Gasteiger partial charge in [0.15, 0.2) is 0 Å². The molecule has 7 heterocycles. The number of aryl methyl sites for hydroxylation is 3. The highest BCUT2D eigenvalue weighted by Gasteiger charge is 2.39. The first-order valence-electron chi connectivity index (χ1n) is 17.6. The third-order valence-electron chi connectivity index (χ3n) is 11.1. The van der Waals surface area contributed by atoms with Gasteiger partial charge in [0.2, 0.25) is 6.54 Å². The average molecular weight is 712 g/mol. The number of nitrogens with zero attached hydrogens (tertiary/aromatic N) is 7. The Bertz CT molecular complexity index is 2120. The molecular formula is C36H43N10O2S2+. The fraction of sp³-hybridized carbons (Fsp3) is 0.472. The molecule has 1 unspecified atom stereocenters. The van der Waals surface area contributed by atoms with Gasteiger partial charge in [-0.2, -0.15) is 5.10 Å². The van der Waals surface area contributed by atoms with Crippen LogP contribution in [-0.4, -0.2) is 69.2 Å². The van der Waals surface area contributed by atoms with Crippen LogP contribution < -0.4 is 26.4 Å². The topological polar surface area (TPSA) is 160 Å². The van der Waals surface area contributed by atoms with E-state index in [0.717, 1.165) is 70.1 Å². The minimum Gasteiger partial charge on any atom is -0.397 e. The molecular weight excluding hydrogens is 669 g/mol. The minimum atomic E-state index is -0.184. The molecule has 5 aromatic heterocycles. The van der Waals surface area contributed by atoms with Gasteiger partial charge < -0.3 is 26.6 Å². The molecule has 1 atom stereocenters. The SMILES string of the molecule is Cc1nnc2sc(C(=O)N3CC(C4CCCCC4)C3)c(N)c2c1C[n+]1nc(C)c(C)c2c(N)c(C(=O)NC3CCN(c4cccnc4)C3)sc21. The van der Waals surface area contributed by atoms with Gasteiger partial charge in [-0.3, -0.25) is 14.6 Å². The Labute approximate surface area is 298 Å². The fourth-order valence-electron chi connectivity index (χ4n) is 8.02. The summed E-state index contributed by atoms with van der Waals surface area (Å²) in [6.07, 6.45) is 10.9. The maximum Gasteiger partial charge on any atom is 0.298 e. The highest BCUT2D eigenvalue weighted by Crippen LogP contribution is 2.40. The summed E-state index contributed by atoms with van der Waals surface area (Å²) in [4.78, 5) is 38.3. The second-order valence-electron chi connectivity index (χ2n) is 14.2. The molecule has 2 saturated heterocycles. The summed E-state index contributed by atoms with van der Waals surface area (Å²) in [7, 11) is 0. The minimum absolute atomic E-state index is 0.00731. The van der Waals surface area contributed by atoms with E-state index in [1.807, 2.05) is 48.7 Å². The van der Waals surface area contributed by atoms with E-state index >= 15 is 0 Å². The molecule has 0 bridgehead atoms. The number of rotatable bonds is 7. The Hall–Kier alpha value is -4.43. The highest BCUT2D eigenvalue weighted by atomic mass is 32.1. The molecule has 12 nitrogen and oxygen atoms in total. The lowest BCUT2D eigenvalue weighted by Gasteiger charge is -2.44. The van der Waals surface area contributed by atoms with Crippen molar-refractivity contribution in [1.29, 1.82) is 0 Å². The first kappa shape index (κ1) is 32.8. The van der Waals surface area contributed by atoms with Crippen LogP contribution in [0.3, 0.4) is 0 Å². The van der Waals surface area contributed by atoms with Crippen molar-refractivity contribution in [2.75, 3.05) is 42.5 Å². The van der Waals surface area contributed by atoms with Gasteiger partial charge in [0.1, 0.15) is 20.3 Å². The average Bonchev–Trinajstić information content (AvgIpc) is 3.80. The summed E-state index contributed by atoms with van der Waals surface area (Å²) < 4.78 is 1.89. The molecule has 260 valence electrons. The molecule has 1 aliphatic carbocycles. The predicted molar refractivity (Wildman–Crippen MR) is 198 cm³/mol. The van der Waals surface area contributed by atoms with Crippen LogP contribution in [0.2, 0.25) is 0 Å². The highest BCUT2D eigenvalue weighted by molar-refractivity contribution is 7.21. The molecule has 3 fully saturated rings. The number of amides is 2. The summed E-state index contributed by atoms with van der Waals surface area (Å²) >= 11 is 2.66. The number of aromatic nitrogens is 5. The van der Waals surface area contributed by atoms with E-state index in [1.54, 1.807) is 6.20 Å². The standard InChI is InChI=1S/C36H42N10O2S2/c1-19-20(2)43-46(36-27(19)29(37)31(50-36)33(47)40-24-11-13-44(17-24)25-10-7-12-39-14-25)18-26-21(3)41-42-34-28(26)30(38)32(49-34)35(48)45-15-23(16-45)22-8-5-4-6-9-22/h7,10,12,14,22-24H,4-6,8-9,11,13,15-18H2,1-3H3,(H4-,37,38,40,47,48)/p+1. The molecule has 1 saturated carbocycles. The zero-order valence-electron chi connectivity index (χ0n) is 28.7. The molecule has 2 aliphatic heterocycles. The number of fused-ring (bicyclic) bond motifs is 2. The molecule has 5 aromatic rings. The first-order chi connectivity index (χ1) is 24.2. The van der Waals surface area contributed by atoms with Crippen LogP contribution in [0.15, 0.2) is 24.5 Å². The van der Waals surface area contributed by atoms with Crippen molar-refractivity contribution in [3.8, 4) is 0 Å². The summed E-state index contributed by atoms with van der Waals surface area (Å²) in [5.74, 6) is 1.12. The second kappa shape index (κ2) is 13.0. The number of anilines is 3. The van der Waals surface area contributed by atoms with E-state index in [9.17, 15) is 9.59 Å². The fourth-order valence-corrected chi connectivity index (χ4v) is 10.2. The number of nitrogens with two attached hydrogens (primary N) is 2. The maximum absolute atomic E-state index is 13.7. The van der Waals surface area contributed by atoms with Gasteiger partial charge in [-0.1, -0.05) is 48.1 Å². The van der Waals surface area contributed by atoms with Crippen LogP contribution in [-0.2, 0) is 6.54 Å². The van der Waals surface area contributed by atoms with Gasteiger partial charge in [0.05, 0.1) is 39.9 Å². The largest absolute Gasteiger partial charge is 0.397 e. The monoisotopic (exact) mass is 711 g/mol. The molecule has 5 N–H and O–H groups in total. The molecule has 3 aliphatic rings. The lowest BCUT2D eigenvalue weighted by molar-refractivity contribution is -0.720. The summed E-state index contributed by atoms with van der Waals surface area (Å²) in [6.45, 7) is 9.32. The van der Waals surface area contributed by atoms with E-state index in [-0.39, 0.29) is 17.9 Å². The third kappa shape index (κ3) is 5.71. The first-order valence-corrected chi connectivity index (χ1v) is 19.2. The zero-order chi connectivity index (χ0) is 34.7. The van der Waals surface area contributed by atoms with Gasteiger partial charge in [-0.15, -0.1) is 16.4 Å². The van der Waals surface area contributed by atoms with Crippen molar-refractivity contribution < 1.29 is 14.3 Å². The number of pyridine rings is 1. The Morgan fingerprint density at radius 1 is 0.940 bits per heavy atom. The van der Waals surface area contributed by atoms with E-state index < -0.39 is 0 Å². The second-order valence-corrected chi connectivity index (χ2v) is 16.2. The Morgan fingerprint density at radius 2 is 1.72 bits per heavy atom. The van der Waals surface area contributed by atoms with Crippen LogP contribution >= 0.6 is 22.7 Å². The van der Waals surface area contributed by atoms with Gasteiger partial charge in [-0.25, -0.2) is 0 Å². The molecule has 50 heavy (non-hydrogen) atoms. The molecule has 0 radical (unpaired) electrons. The Kier molecular flexibility index (Phi) is 8.54. The third-order valence-corrected chi connectivity index (χ3v) is 13.4. The van der Waals surface area contributed by atoms with E-state index in [0.29, 0.717) is 50.7 Å². The van der Waals surface area contributed by atoms with Crippen LogP contribution in [0.25, 0.3) is 20.4 Å². The molecule has 8 rings (SSSR count). The van der Waals surface area contributed by atoms with Crippen molar-refractivity contribution in [3.05, 3.63) is 56.8 Å². The van der Waals surface area contributed by atoms with Crippen molar-refractivity contribution in [3.63, 3.8) is 0 Å². The number of likely N-dealkylation sites (tertiary alicyclic amines) is 1. The maximum atomic E-state index is 13.7. The van der Waals surface area contributed by atoms with Gasteiger partial charge >= 0.3 is 0 Å². The molecule has 0 aromatic carbocycles. The summed E-state index contributed by atoms with van der Waals surface area (Å²) in [6, 6.07) is 3.95. The van der Waals surface area contributed by atoms with Crippen LogP contribution in [0.4, 0.5) is 17.1 Å². The van der Waals surface area contributed by atoms with E-state index in [2.05, 4.69) is 25.4 Å². The lowest BCUT2D eigenvalue weighted by atomic mass is 9.76. The normalized spacial score (nSPS) is 18.7. The number of carbonyl (C=O) groups excluding carboxylic acids is 2. The van der Waals surface area contributed by atoms with Gasteiger partial charge in [-0.05, 0) is 61.8 Å². The van der Waals surface area contributed by atoms with Crippen molar-refractivity contribution in [1.82, 2.24) is 30.5 Å². The molecule has 0 spiro atoms. The molecule has 14 heteroatoms. The number of hydrogen-bond donors (Lipinski definition) is 3. The van der Waals surface area contributed by atoms with E-state index in [4.69, 9.17) is 16.6 Å². The number of nitrogens with one attached hydrogen (secondary N) is 1. The van der Waals surface area contributed by atoms with Crippen molar-refractivity contribution >= 4 is 72.0 Å². The summed E-state index contributed by atoms with van der Waals surface area (Å²) in [5, 5.41) is 18.7. The zero-order valence-corrected chi connectivity index (χ0v) is 30.4. The smallest absolute Gasteiger partial charge is 0.298 e. The van der Waals surface area contributed by atoms with Crippen molar-refractivity contribution in [2.24, 2.45) is 11.8 Å². The van der Waals surface area contributed by atoms with Gasteiger partial charge in [0.25, 0.3) is 16.6 Å². The molecule has 2 amide bonds. The Morgan fingerprint density at radius 3 is 2.48 bits per heavy atom. The number of hydrogen-bond acceptors (Lipinski definition) is 11. The van der Waals surface area contributed by atoms with Crippen molar-refractivity contribution in [2.45, 2.75) is 71.9 Å². The van der Waals surface area contributed by atoms with E-state index in [1.165, 1.54) is 54.8 Å². The van der Waals surface area contributed by atoms with Crippen LogP contribution in [0.5, 0.6) is 0 Å². The quantitative estimate of drug-likeness (QED) is 0.202. The summed E-state index contributed by atoms with van der Waals surface area (Å²) in [5.41, 5.74) is 18.8. The number of nitrogen functional groups attached to an aromatic ring is 2. The number of thiophene rings is 2. The Balaban J connectivity index is 1.07. The lowest BCUT2D eigenvalue weighted by Crippen LogP contribution is -2.52.